The topological polar surface area (TPSA) is 158 Å². The zero-order valence-corrected chi connectivity index (χ0v) is 34.4. The molecule has 1 saturated heterocycles. The highest BCUT2D eigenvalue weighted by atomic mass is 32.2. The van der Waals surface area contributed by atoms with Gasteiger partial charge in [-0.05, 0) is 69.8 Å². The van der Waals surface area contributed by atoms with E-state index < -0.39 is 50.6 Å². The highest BCUT2D eigenvalue weighted by Gasteiger charge is 2.61. The van der Waals surface area contributed by atoms with E-state index in [-0.39, 0.29) is 50.0 Å². The maximum Gasteiger partial charge on any atom is 0.306 e. The van der Waals surface area contributed by atoms with Gasteiger partial charge in [-0.25, -0.2) is 13.4 Å². The second kappa shape index (κ2) is 17.3. The molecule has 3 aromatic rings. The van der Waals surface area contributed by atoms with Crippen molar-refractivity contribution in [3.63, 3.8) is 0 Å². The summed E-state index contributed by atoms with van der Waals surface area (Å²) in [6.07, 6.45) is 14.3. The zero-order valence-electron chi connectivity index (χ0n) is 33.6. The fourth-order valence-electron chi connectivity index (χ4n) is 8.92. The van der Waals surface area contributed by atoms with Crippen LogP contribution in [-0.4, -0.2) is 79.5 Å². The zero-order chi connectivity index (χ0) is 41.1. The van der Waals surface area contributed by atoms with Crippen molar-refractivity contribution in [2.45, 2.75) is 107 Å². The van der Waals surface area contributed by atoms with Gasteiger partial charge in [-0.15, -0.1) is 0 Å². The van der Waals surface area contributed by atoms with Gasteiger partial charge in [0.15, 0.2) is 5.78 Å². The van der Waals surface area contributed by atoms with E-state index in [1.165, 1.54) is 0 Å². The lowest BCUT2D eigenvalue weighted by Crippen LogP contribution is -2.46. The smallest absolute Gasteiger partial charge is 0.306 e. The normalized spacial score (nSPS) is 28.2. The van der Waals surface area contributed by atoms with Crippen molar-refractivity contribution in [1.29, 1.82) is 0 Å². The van der Waals surface area contributed by atoms with Crippen LogP contribution in [0.5, 0.6) is 11.5 Å². The van der Waals surface area contributed by atoms with Crippen LogP contribution in [0.1, 0.15) is 95.5 Å². The fourth-order valence-corrected chi connectivity index (χ4v) is 10.3. The number of hydrogen-bond donors (Lipinski definition) is 1. The lowest BCUT2D eigenvalue weighted by atomic mass is 9.90. The number of amides is 2. The molecule has 12 nitrogen and oxygen atoms in total. The summed E-state index contributed by atoms with van der Waals surface area (Å²) in [4.78, 5) is 63.3. The van der Waals surface area contributed by atoms with E-state index in [2.05, 4.69) is 10.8 Å². The van der Waals surface area contributed by atoms with E-state index >= 15 is 0 Å². The summed E-state index contributed by atoms with van der Waals surface area (Å²) in [7, 11) is -2.24. The molecule has 5 aliphatic rings. The second-order valence-corrected chi connectivity index (χ2v) is 18.8. The van der Waals surface area contributed by atoms with Crippen molar-refractivity contribution in [3.8, 4) is 22.8 Å². The third kappa shape index (κ3) is 9.10. The number of fused-ring (bicyclic) bond motifs is 4. The van der Waals surface area contributed by atoms with Gasteiger partial charge in [0.05, 0.1) is 54.6 Å². The van der Waals surface area contributed by atoms with Crippen LogP contribution in [0.3, 0.4) is 0 Å². The van der Waals surface area contributed by atoms with Crippen molar-refractivity contribution < 1.29 is 41.8 Å². The van der Waals surface area contributed by atoms with Crippen molar-refractivity contribution >= 4 is 50.6 Å². The number of aromatic nitrogens is 1. The number of carbonyl (C=O) groups is 4. The molecule has 0 spiro atoms. The number of cyclic esters (lactones) is 1. The maximum absolute atomic E-state index is 14.8. The number of Topliss-reactive ketones (excluding diaryl/α,β-unsaturated/α-hetero) is 1. The number of hydrogen-bond acceptors (Lipinski definition) is 10. The number of methoxy groups -OCH3 is 1. The van der Waals surface area contributed by atoms with E-state index in [9.17, 15) is 27.6 Å². The Hall–Kier alpha value is -5.04. The molecule has 5 atom stereocenters. The number of rotatable bonds is 5. The van der Waals surface area contributed by atoms with Gasteiger partial charge in [0.25, 0.3) is 0 Å². The summed E-state index contributed by atoms with van der Waals surface area (Å²) in [5.74, 6) is -1.61. The Balaban J connectivity index is 1.18. The number of nitrogens with one attached hydrogen (secondary N) is 1. The summed E-state index contributed by atoms with van der Waals surface area (Å²) in [6.45, 7) is 0.313. The van der Waals surface area contributed by atoms with Crippen LogP contribution < -0.4 is 14.2 Å². The van der Waals surface area contributed by atoms with Crippen molar-refractivity contribution in [1.82, 2.24) is 14.6 Å². The van der Waals surface area contributed by atoms with Gasteiger partial charge in [0.1, 0.15) is 17.6 Å². The predicted molar refractivity (Wildman–Crippen MR) is 223 cm³/mol. The summed E-state index contributed by atoms with van der Waals surface area (Å²) in [6, 6.07) is 14.5. The van der Waals surface area contributed by atoms with Gasteiger partial charge >= 0.3 is 5.97 Å². The van der Waals surface area contributed by atoms with Crippen LogP contribution in [0, 0.1) is 17.3 Å². The van der Waals surface area contributed by atoms with E-state index in [1.54, 1.807) is 12.0 Å². The lowest BCUT2D eigenvalue weighted by molar-refractivity contribution is -0.150. The Morgan fingerprint density at radius 1 is 0.966 bits per heavy atom. The summed E-state index contributed by atoms with van der Waals surface area (Å²) < 4.78 is 46.6. The second-order valence-electron chi connectivity index (χ2n) is 16.8. The molecule has 2 aromatic carbocycles. The Kier molecular flexibility index (Phi) is 11.9. The van der Waals surface area contributed by atoms with Crippen molar-refractivity contribution in [2.24, 2.45) is 17.3 Å². The molecule has 2 saturated carbocycles. The minimum atomic E-state index is -3.86. The number of pyridine rings is 1. The molecule has 5 bridgehead atoms. The molecule has 0 unspecified atom stereocenters. The molecular weight excluding hydrogens is 771 g/mol. The largest absolute Gasteiger partial charge is 0.496 e. The lowest BCUT2D eigenvalue weighted by Gasteiger charge is -2.29. The van der Waals surface area contributed by atoms with Crippen molar-refractivity contribution in [3.05, 3.63) is 72.3 Å². The van der Waals surface area contributed by atoms with Crippen LogP contribution in [0.25, 0.3) is 28.2 Å². The molecule has 1 N–H and O–H groups in total. The van der Waals surface area contributed by atoms with Gasteiger partial charge in [0, 0.05) is 47.4 Å². The molecular formula is C46H53N3O9S. The number of ether oxygens (including phenoxy) is 3. The highest BCUT2D eigenvalue weighted by molar-refractivity contribution is 7.90. The fraction of sp³-hybridized carbons (Fsp3) is 0.500. The first-order chi connectivity index (χ1) is 28.5. The summed E-state index contributed by atoms with van der Waals surface area (Å²) >= 11 is 0. The molecule has 1 aromatic heterocycles. The molecule has 312 valence electrons. The molecule has 13 heteroatoms. The number of ketones is 1. The number of benzene rings is 2. The standard InChI is InChI=1S/C46H53N3O9S/c1-56-41-26-38-36-22-31(41)16-8-5-6-13-21-57-43(51)23-32-17-9-3-2-4-12-18-33-27-46(33,45(53)48-59(54,55)35-19-20-35)28-40(50)39-24-34(29-49(39)44(32)52)58-42(36)25-37(47-38)30-14-10-7-11-15-30/h7-8,10-12,14-16,18,22,25-26,32-35,39H,2-6,9,13,17,19-21,23-24,27-29H2,1H3,(H,48,53)/b16-8+,18-12-/t32-,33+,34-,39+,46-/m1/s1. The molecule has 59 heavy (non-hydrogen) atoms. The van der Waals surface area contributed by atoms with E-state index in [1.807, 2.05) is 66.8 Å². The molecule has 3 fully saturated rings. The average molecular weight is 824 g/mol. The van der Waals surface area contributed by atoms with Gasteiger partial charge in [-0.2, -0.15) is 0 Å². The minimum Gasteiger partial charge on any atom is -0.496 e. The number of carbonyl (C=O) groups excluding carboxylic acids is 4. The maximum atomic E-state index is 14.8. The van der Waals surface area contributed by atoms with Gasteiger partial charge in [-0.1, -0.05) is 67.5 Å². The first kappa shape index (κ1) is 40.7. The highest BCUT2D eigenvalue weighted by Crippen LogP contribution is 2.57. The Morgan fingerprint density at radius 3 is 2.56 bits per heavy atom. The van der Waals surface area contributed by atoms with Crippen LogP contribution >= 0.6 is 0 Å². The number of esters is 1. The Bertz CT molecular complexity index is 2270. The van der Waals surface area contributed by atoms with Crippen LogP contribution in [0.4, 0.5) is 0 Å². The number of allylic oxidation sites excluding steroid dienone is 3. The Labute approximate surface area is 345 Å². The molecule has 8 rings (SSSR count). The molecule has 4 heterocycles. The monoisotopic (exact) mass is 823 g/mol. The van der Waals surface area contributed by atoms with Crippen LogP contribution in [0.2, 0.25) is 0 Å². The average Bonchev–Trinajstić information content (AvgIpc) is 4.15. The van der Waals surface area contributed by atoms with Crippen LogP contribution in [-0.2, 0) is 33.9 Å². The first-order valence-electron chi connectivity index (χ1n) is 21.2. The van der Waals surface area contributed by atoms with E-state index in [0.717, 1.165) is 48.6 Å². The van der Waals surface area contributed by atoms with Gasteiger partial charge < -0.3 is 19.1 Å². The summed E-state index contributed by atoms with van der Waals surface area (Å²) in [5.41, 5.74) is 1.80. The van der Waals surface area contributed by atoms with Crippen molar-refractivity contribution in [2.75, 3.05) is 20.3 Å². The van der Waals surface area contributed by atoms with Gasteiger partial charge in [0.2, 0.25) is 21.8 Å². The first-order valence-corrected chi connectivity index (χ1v) is 22.7. The molecule has 2 amide bonds. The third-order valence-electron chi connectivity index (χ3n) is 12.6. The Morgan fingerprint density at radius 2 is 1.76 bits per heavy atom. The molecule has 3 aliphatic heterocycles. The predicted octanol–water partition coefficient (Wildman–Crippen LogP) is 7.10. The summed E-state index contributed by atoms with van der Waals surface area (Å²) in [5, 5.41) is 0.142. The van der Waals surface area contributed by atoms with Crippen LogP contribution in [0.15, 0.2) is 66.8 Å². The SMILES string of the molecule is COc1cc2nc(-c3ccccc3)cc3c2cc1/C=C/CCCCOC(=O)C[C@H]1CCCCC/C=C\[C@H]2C[C@@]2(C(=O)NS(=O)(=O)C2CC2)CC(=O)[C@@H]2C[C@H](CN2C1=O)O3. The van der Waals surface area contributed by atoms with E-state index in [4.69, 9.17) is 19.2 Å². The van der Waals surface area contributed by atoms with E-state index in [0.29, 0.717) is 61.2 Å². The minimum absolute atomic E-state index is 0.0762. The number of sulfonamides is 1. The third-order valence-corrected chi connectivity index (χ3v) is 14.4. The molecule has 2 aliphatic carbocycles. The van der Waals surface area contributed by atoms with Gasteiger partial charge in [-0.3, -0.25) is 23.9 Å². The quantitative estimate of drug-likeness (QED) is 0.208. The number of nitrogens with zero attached hydrogens (tertiary/aromatic N) is 2. The molecule has 0 radical (unpaired) electrons.